The molecule has 1 N–H and O–H groups in total. The minimum absolute atomic E-state index is 0.175. The van der Waals surface area contributed by atoms with Gasteiger partial charge in [-0.3, -0.25) is 4.79 Å². The second kappa shape index (κ2) is 9.15. The van der Waals surface area contributed by atoms with Crippen molar-refractivity contribution in [1.82, 2.24) is 5.43 Å². The van der Waals surface area contributed by atoms with E-state index in [1.165, 1.54) is 20.4 Å². The molecule has 0 aliphatic carbocycles. The van der Waals surface area contributed by atoms with E-state index in [2.05, 4.69) is 10.5 Å². The second-order valence-electron chi connectivity index (χ2n) is 4.77. The molecule has 8 heteroatoms. The van der Waals surface area contributed by atoms with Gasteiger partial charge in [0.1, 0.15) is 5.75 Å². The van der Waals surface area contributed by atoms with Crippen molar-refractivity contribution in [2.75, 3.05) is 20.8 Å². The number of halogens is 2. The van der Waals surface area contributed by atoms with E-state index in [1.807, 2.05) is 0 Å². The number of hydrogen-bond acceptors (Lipinski definition) is 5. The molecule has 25 heavy (non-hydrogen) atoms. The highest BCUT2D eigenvalue weighted by Crippen LogP contribution is 2.35. The fraction of sp³-hybridized carbons (Fsp3) is 0.176. The fourth-order valence-corrected chi connectivity index (χ4v) is 2.33. The Kier molecular flexibility index (Phi) is 6.91. The Hall–Kier alpha value is -2.44. The average molecular weight is 383 g/mol. The normalized spacial score (nSPS) is 10.6. The van der Waals surface area contributed by atoms with Gasteiger partial charge in [-0.2, -0.15) is 5.10 Å². The van der Waals surface area contributed by atoms with E-state index >= 15 is 0 Å². The molecule has 6 nitrogen and oxygen atoms in total. The molecule has 0 saturated carbocycles. The molecule has 0 radical (unpaired) electrons. The quantitative estimate of drug-likeness (QED) is 0.587. The number of rotatable bonds is 7. The zero-order valence-electron chi connectivity index (χ0n) is 13.6. The Morgan fingerprint density at radius 2 is 1.88 bits per heavy atom. The van der Waals surface area contributed by atoms with Gasteiger partial charge in [0.25, 0.3) is 5.91 Å². The highest BCUT2D eigenvalue weighted by atomic mass is 35.5. The Labute approximate surface area is 155 Å². The van der Waals surface area contributed by atoms with Gasteiger partial charge < -0.3 is 14.2 Å². The summed E-state index contributed by atoms with van der Waals surface area (Å²) in [5.74, 6) is 1.03. The van der Waals surface area contributed by atoms with Crippen molar-refractivity contribution in [3.05, 3.63) is 52.0 Å². The van der Waals surface area contributed by atoms with Crippen molar-refractivity contribution in [3.63, 3.8) is 0 Å². The van der Waals surface area contributed by atoms with Gasteiger partial charge in [0.05, 0.1) is 25.5 Å². The number of methoxy groups -OCH3 is 2. The van der Waals surface area contributed by atoms with Gasteiger partial charge in [-0.15, -0.1) is 0 Å². The molecule has 2 aromatic carbocycles. The second-order valence-corrected chi connectivity index (χ2v) is 5.62. The highest BCUT2D eigenvalue weighted by Gasteiger charge is 2.10. The summed E-state index contributed by atoms with van der Waals surface area (Å²) in [7, 11) is 3.00. The predicted octanol–water partition coefficient (Wildman–Crippen LogP) is 3.54. The number of nitrogens with one attached hydrogen (secondary N) is 1. The van der Waals surface area contributed by atoms with E-state index in [1.54, 1.807) is 36.4 Å². The largest absolute Gasteiger partial charge is 0.493 e. The summed E-state index contributed by atoms with van der Waals surface area (Å²) in [5, 5.41) is 4.83. The van der Waals surface area contributed by atoms with Crippen LogP contribution in [0.1, 0.15) is 5.56 Å². The molecule has 0 atom stereocenters. The van der Waals surface area contributed by atoms with Crippen LogP contribution in [0.2, 0.25) is 10.0 Å². The number of hydrogen-bond donors (Lipinski definition) is 1. The zero-order chi connectivity index (χ0) is 18.2. The Bertz CT molecular complexity index is 764. The molecule has 0 aliphatic heterocycles. The van der Waals surface area contributed by atoms with Crippen LogP contribution in [-0.2, 0) is 4.79 Å². The van der Waals surface area contributed by atoms with E-state index in [4.69, 9.17) is 37.4 Å². The van der Waals surface area contributed by atoms with Gasteiger partial charge in [0.2, 0.25) is 0 Å². The first-order chi connectivity index (χ1) is 12.0. The molecule has 0 aromatic heterocycles. The number of ether oxygens (including phenoxy) is 3. The van der Waals surface area contributed by atoms with Gasteiger partial charge in [0, 0.05) is 5.02 Å². The summed E-state index contributed by atoms with van der Waals surface area (Å²) >= 11 is 11.9. The number of carbonyl (C=O) groups is 1. The monoisotopic (exact) mass is 382 g/mol. The van der Waals surface area contributed by atoms with Crippen LogP contribution in [0, 0.1) is 0 Å². The van der Waals surface area contributed by atoms with Crippen LogP contribution in [0.4, 0.5) is 0 Å². The molecule has 132 valence electrons. The summed E-state index contributed by atoms with van der Waals surface area (Å²) in [6.45, 7) is -0.175. The smallest absolute Gasteiger partial charge is 0.277 e. The number of nitrogens with zero attached hydrogens (tertiary/aromatic N) is 1. The van der Waals surface area contributed by atoms with Crippen LogP contribution in [0.25, 0.3) is 0 Å². The molecule has 0 fully saturated rings. The standard InChI is InChI=1S/C17H16Cl2N2O4/c1-23-15-8-11(7-14(19)17(15)24-2)9-20-21-16(22)10-25-13-5-3-12(18)4-6-13/h3-9H,10H2,1-2H3,(H,21,22). The number of carbonyl (C=O) groups excluding carboxylic acids is 1. The number of hydrazone groups is 1. The maximum atomic E-state index is 11.7. The first-order valence-electron chi connectivity index (χ1n) is 7.15. The molecule has 0 heterocycles. The third-order valence-electron chi connectivity index (χ3n) is 3.04. The lowest BCUT2D eigenvalue weighted by molar-refractivity contribution is -0.123. The molecule has 0 unspecified atom stereocenters. The number of amides is 1. The third-order valence-corrected chi connectivity index (χ3v) is 3.58. The maximum absolute atomic E-state index is 11.7. The van der Waals surface area contributed by atoms with E-state index < -0.39 is 5.91 Å². The van der Waals surface area contributed by atoms with Crippen molar-refractivity contribution in [2.45, 2.75) is 0 Å². The predicted molar refractivity (Wildman–Crippen MR) is 97.2 cm³/mol. The summed E-state index contributed by atoms with van der Waals surface area (Å²) in [5.41, 5.74) is 3.00. The topological polar surface area (TPSA) is 69.2 Å². The van der Waals surface area contributed by atoms with Crippen molar-refractivity contribution >= 4 is 35.3 Å². The van der Waals surface area contributed by atoms with Crippen LogP contribution >= 0.6 is 23.2 Å². The molecule has 0 saturated heterocycles. The third kappa shape index (κ3) is 5.55. The van der Waals surface area contributed by atoms with Crippen LogP contribution < -0.4 is 19.6 Å². The summed E-state index contributed by atoms with van der Waals surface area (Å²) in [6, 6.07) is 10.0. The van der Waals surface area contributed by atoms with Crippen molar-refractivity contribution < 1.29 is 19.0 Å². The lowest BCUT2D eigenvalue weighted by Crippen LogP contribution is -2.24. The van der Waals surface area contributed by atoms with E-state index in [0.29, 0.717) is 32.9 Å². The first-order valence-corrected chi connectivity index (χ1v) is 7.91. The van der Waals surface area contributed by atoms with Gasteiger partial charge in [-0.25, -0.2) is 5.43 Å². The van der Waals surface area contributed by atoms with Crippen molar-refractivity contribution in [3.8, 4) is 17.2 Å². The molecular weight excluding hydrogens is 367 g/mol. The Balaban J connectivity index is 1.90. The SMILES string of the molecule is COc1cc(C=NNC(=O)COc2ccc(Cl)cc2)cc(Cl)c1OC. The Morgan fingerprint density at radius 1 is 1.16 bits per heavy atom. The van der Waals surface area contributed by atoms with Crippen LogP contribution in [0.15, 0.2) is 41.5 Å². The van der Waals surface area contributed by atoms with Crippen LogP contribution in [-0.4, -0.2) is 32.9 Å². The van der Waals surface area contributed by atoms with Crippen molar-refractivity contribution in [2.24, 2.45) is 5.10 Å². The lowest BCUT2D eigenvalue weighted by Gasteiger charge is -2.10. The molecule has 0 spiro atoms. The molecule has 2 aromatic rings. The van der Waals surface area contributed by atoms with E-state index in [-0.39, 0.29) is 6.61 Å². The average Bonchev–Trinajstić information content (AvgIpc) is 2.60. The van der Waals surface area contributed by atoms with E-state index in [0.717, 1.165) is 0 Å². The molecule has 2 rings (SSSR count). The van der Waals surface area contributed by atoms with Crippen molar-refractivity contribution in [1.29, 1.82) is 0 Å². The molecule has 0 bridgehead atoms. The summed E-state index contributed by atoms with van der Waals surface area (Å²) < 4.78 is 15.7. The summed E-state index contributed by atoms with van der Waals surface area (Å²) in [4.78, 5) is 11.7. The molecule has 1 amide bonds. The first kappa shape index (κ1) is 18.9. The van der Waals surface area contributed by atoms with Crippen LogP contribution in [0.3, 0.4) is 0 Å². The van der Waals surface area contributed by atoms with Gasteiger partial charge in [-0.1, -0.05) is 23.2 Å². The fourth-order valence-electron chi connectivity index (χ4n) is 1.90. The highest BCUT2D eigenvalue weighted by molar-refractivity contribution is 6.32. The van der Waals surface area contributed by atoms with E-state index in [9.17, 15) is 4.79 Å². The minimum atomic E-state index is -0.405. The molecular formula is C17H16Cl2N2O4. The lowest BCUT2D eigenvalue weighted by atomic mass is 10.2. The van der Waals surface area contributed by atoms with Gasteiger partial charge >= 0.3 is 0 Å². The zero-order valence-corrected chi connectivity index (χ0v) is 15.1. The molecule has 0 aliphatic rings. The van der Waals surface area contributed by atoms with Crippen LogP contribution in [0.5, 0.6) is 17.2 Å². The maximum Gasteiger partial charge on any atom is 0.277 e. The Morgan fingerprint density at radius 3 is 2.52 bits per heavy atom. The van der Waals surface area contributed by atoms with Gasteiger partial charge in [0.15, 0.2) is 18.1 Å². The number of benzene rings is 2. The minimum Gasteiger partial charge on any atom is -0.493 e. The van der Waals surface area contributed by atoms with Gasteiger partial charge in [-0.05, 0) is 42.0 Å². The summed E-state index contributed by atoms with van der Waals surface area (Å²) in [6.07, 6.45) is 1.44.